The Balaban J connectivity index is 1.71. The molecule has 4 aromatic rings. The number of nitrogens with one attached hydrogen (secondary N) is 1. The molecule has 0 bridgehead atoms. The number of hydrogen-bond donors (Lipinski definition) is 3. The number of rotatable bonds is 5. The Kier molecular flexibility index (Phi) is 5.61. The molecule has 2 aromatic heterocycles. The summed E-state index contributed by atoms with van der Waals surface area (Å²) in [6.07, 6.45) is 1.35. The smallest absolute Gasteiger partial charge is 0.354 e. The molecular weight excluding hydrogens is 422 g/mol. The first-order chi connectivity index (χ1) is 15.8. The van der Waals surface area contributed by atoms with Gasteiger partial charge in [-0.25, -0.2) is 14.5 Å². The number of H-pyrrole nitrogens is 1. The van der Waals surface area contributed by atoms with Crippen molar-refractivity contribution in [2.24, 2.45) is 10.2 Å². The lowest BCUT2D eigenvalue weighted by atomic mass is 10.0. The van der Waals surface area contributed by atoms with E-state index in [2.05, 4.69) is 20.3 Å². The first kappa shape index (κ1) is 21.7. The molecule has 0 saturated heterocycles. The molecular formula is C24H21N5O4. The van der Waals surface area contributed by atoms with Crippen molar-refractivity contribution >= 4 is 17.3 Å². The Morgan fingerprint density at radius 3 is 2.55 bits per heavy atom. The van der Waals surface area contributed by atoms with E-state index in [-0.39, 0.29) is 28.4 Å². The Bertz CT molecular complexity index is 1470. The molecule has 9 heteroatoms. The lowest BCUT2D eigenvalue weighted by Gasteiger charge is -2.07. The maximum atomic E-state index is 12.9. The molecule has 4 rings (SSSR count). The van der Waals surface area contributed by atoms with Crippen LogP contribution in [0.2, 0.25) is 0 Å². The summed E-state index contributed by atoms with van der Waals surface area (Å²) in [5, 5.41) is 31.1. The van der Waals surface area contributed by atoms with Gasteiger partial charge in [0.15, 0.2) is 11.4 Å². The van der Waals surface area contributed by atoms with E-state index < -0.39 is 5.97 Å². The summed E-state index contributed by atoms with van der Waals surface area (Å²) < 4.78 is 1.40. The summed E-state index contributed by atoms with van der Waals surface area (Å²) in [5.74, 6) is -1.36. The van der Waals surface area contributed by atoms with Gasteiger partial charge in [-0.05, 0) is 67.8 Å². The number of aryl methyl sites for hydroxylation is 3. The highest BCUT2D eigenvalue weighted by atomic mass is 16.4. The Morgan fingerprint density at radius 1 is 1.03 bits per heavy atom. The van der Waals surface area contributed by atoms with Crippen molar-refractivity contribution in [3.63, 3.8) is 0 Å². The second-order valence-electron chi connectivity index (χ2n) is 7.60. The van der Waals surface area contributed by atoms with Gasteiger partial charge in [0, 0.05) is 11.8 Å². The fourth-order valence-electron chi connectivity index (χ4n) is 3.37. The van der Waals surface area contributed by atoms with Gasteiger partial charge in [-0.15, -0.1) is 10.2 Å². The highest BCUT2D eigenvalue weighted by Gasteiger charge is 2.15. The van der Waals surface area contributed by atoms with Crippen LogP contribution in [0.3, 0.4) is 0 Å². The van der Waals surface area contributed by atoms with Crippen LogP contribution in [0.5, 0.6) is 5.75 Å². The molecule has 2 aromatic carbocycles. The van der Waals surface area contributed by atoms with Crippen molar-refractivity contribution in [3.8, 4) is 22.6 Å². The van der Waals surface area contributed by atoms with Crippen molar-refractivity contribution < 1.29 is 15.0 Å². The Hall–Kier alpha value is -4.53. The van der Waals surface area contributed by atoms with Gasteiger partial charge in [-0.1, -0.05) is 18.2 Å². The number of aromatic carboxylic acids is 1. The van der Waals surface area contributed by atoms with E-state index in [1.165, 1.54) is 16.9 Å². The SMILES string of the molecule is Cc1ccc(-n2[nH]c(C)c(N=Nc3cccc(-c4ccnc(C(=O)O)c4)c3O)c2=O)cc1C. The van der Waals surface area contributed by atoms with Crippen LogP contribution in [-0.2, 0) is 0 Å². The number of benzene rings is 2. The Morgan fingerprint density at radius 2 is 1.82 bits per heavy atom. The van der Waals surface area contributed by atoms with Crippen LogP contribution in [0.1, 0.15) is 27.3 Å². The zero-order valence-electron chi connectivity index (χ0n) is 18.2. The third-order valence-electron chi connectivity index (χ3n) is 5.35. The number of carbonyl (C=O) groups is 1. The number of carboxylic acid groups (broad SMARTS) is 1. The molecule has 33 heavy (non-hydrogen) atoms. The zero-order chi connectivity index (χ0) is 23.7. The topological polar surface area (TPSA) is 133 Å². The molecule has 0 aliphatic carbocycles. The normalized spacial score (nSPS) is 11.2. The molecule has 0 aliphatic heterocycles. The number of aromatic nitrogens is 3. The van der Waals surface area contributed by atoms with Crippen LogP contribution in [0.15, 0.2) is 69.8 Å². The fourth-order valence-corrected chi connectivity index (χ4v) is 3.37. The minimum Gasteiger partial charge on any atom is -0.505 e. The standard InChI is InChI=1S/C24H21N5O4/c1-13-7-8-17(11-14(13)2)29-23(31)21(15(3)28-29)27-26-19-6-4-5-18(22(19)30)16-9-10-25-20(12-16)24(32)33/h4-12,28,30H,1-3H3,(H,32,33). The molecule has 9 nitrogen and oxygen atoms in total. The number of nitrogens with zero attached hydrogens (tertiary/aromatic N) is 4. The maximum absolute atomic E-state index is 12.9. The molecule has 0 aliphatic rings. The van der Waals surface area contributed by atoms with Gasteiger partial charge >= 0.3 is 5.97 Å². The lowest BCUT2D eigenvalue weighted by molar-refractivity contribution is 0.0690. The highest BCUT2D eigenvalue weighted by molar-refractivity contribution is 5.88. The minimum absolute atomic E-state index is 0.120. The minimum atomic E-state index is -1.17. The summed E-state index contributed by atoms with van der Waals surface area (Å²) in [7, 11) is 0. The first-order valence-electron chi connectivity index (χ1n) is 10.1. The quantitative estimate of drug-likeness (QED) is 0.375. The zero-order valence-corrected chi connectivity index (χ0v) is 18.2. The van der Waals surface area contributed by atoms with Crippen LogP contribution in [0.4, 0.5) is 11.4 Å². The van der Waals surface area contributed by atoms with Gasteiger partial charge in [0.25, 0.3) is 5.56 Å². The van der Waals surface area contributed by atoms with Crippen LogP contribution in [0, 0.1) is 20.8 Å². The average Bonchev–Trinajstić information content (AvgIpc) is 3.08. The predicted octanol–water partition coefficient (Wildman–Crippen LogP) is 4.97. The lowest BCUT2D eigenvalue weighted by Crippen LogP contribution is -2.14. The molecule has 0 saturated carbocycles. The summed E-state index contributed by atoms with van der Waals surface area (Å²) in [6.45, 7) is 5.68. The van der Waals surface area contributed by atoms with Crippen LogP contribution in [0.25, 0.3) is 16.8 Å². The van der Waals surface area contributed by atoms with Crippen molar-refractivity contribution in [1.82, 2.24) is 14.8 Å². The van der Waals surface area contributed by atoms with Crippen LogP contribution >= 0.6 is 0 Å². The third kappa shape index (κ3) is 4.16. The van der Waals surface area contributed by atoms with E-state index in [4.69, 9.17) is 5.11 Å². The number of aromatic hydroxyl groups is 1. The van der Waals surface area contributed by atoms with E-state index in [1.54, 1.807) is 31.2 Å². The van der Waals surface area contributed by atoms with Crippen molar-refractivity contribution in [1.29, 1.82) is 0 Å². The van der Waals surface area contributed by atoms with Gasteiger partial charge in [0.1, 0.15) is 11.4 Å². The molecule has 0 fully saturated rings. The molecule has 0 unspecified atom stereocenters. The van der Waals surface area contributed by atoms with Crippen molar-refractivity contribution in [2.75, 3.05) is 0 Å². The largest absolute Gasteiger partial charge is 0.505 e. The van der Waals surface area contributed by atoms with Gasteiger partial charge < -0.3 is 10.2 Å². The van der Waals surface area contributed by atoms with Gasteiger partial charge in [-0.3, -0.25) is 9.89 Å². The summed E-state index contributed by atoms with van der Waals surface area (Å²) in [4.78, 5) is 27.9. The number of azo groups is 1. The van der Waals surface area contributed by atoms with Crippen LogP contribution in [-0.4, -0.2) is 30.9 Å². The summed E-state index contributed by atoms with van der Waals surface area (Å²) in [6, 6.07) is 13.5. The maximum Gasteiger partial charge on any atom is 0.354 e. The molecule has 166 valence electrons. The monoisotopic (exact) mass is 443 g/mol. The number of carboxylic acids is 1. The molecule has 0 atom stereocenters. The molecule has 2 heterocycles. The number of pyridine rings is 1. The van der Waals surface area contributed by atoms with Crippen molar-refractivity contribution in [3.05, 3.63) is 87.6 Å². The van der Waals surface area contributed by atoms with E-state index >= 15 is 0 Å². The second-order valence-corrected chi connectivity index (χ2v) is 7.60. The highest BCUT2D eigenvalue weighted by Crippen LogP contribution is 2.37. The molecule has 0 amide bonds. The Labute approximate surface area is 188 Å². The molecule has 3 N–H and O–H groups in total. The predicted molar refractivity (Wildman–Crippen MR) is 123 cm³/mol. The van der Waals surface area contributed by atoms with Gasteiger partial charge in [0.2, 0.25) is 0 Å². The van der Waals surface area contributed by atoms with Gasteiger partial charge in [-0.2, -0.15) is 0 Å². The summed E-state index contributed by atoms with van der Waals surface area (Å²) in [5.41, 5.74) is 3.97. The number of phenolic OH excluding ortho intramolecular Hbond substituents is 1. The van der Waals surface area contributed by atoms with Crippen molar-refractivity contribution in [2.45, 2.75) is 20.8 Å². The van der Waals surface area contributed by atoms with E-state index in [9.17, 15) is 14.7 Å². The number of hydrogen-bond acceptors (Lipinski definition) is 6. The second kappa shape index (κ2) is 8.54. The third-order valence-corrected chi connectivity index (χ3v) is 5.35. The summed E-state index contributed by atoms with van der Waals surface area (Å²) >= 11 is 0. The molecule has 0 spiro atoms. The van der Waals surface area contributed by atoms with E-state index in [0.29, 0.717) is 22.5 Å². The van der Waals surface area contributed by atoms with E-state index in [1.807, 2.05) is 32.0 Å². The molecule has 0 radical (unpaired) electrons. The van der Waals surface area contributed by atoms with E-state index in [0.717, 1.165) is 11.1 Å². The van der Waals surface area contributed by atoms with Crippen LogP contribution < -0.4 is 5.56 Å². The fraction of sp³-hybridized carbons (Fsp3) is 0.125. The first-order valence-corrected chi connectivity index (χ1v) is 10.1. The number of phenols is 1. The average molecular weight is 443 g/mol. The van der Waals surface area contributed by atoms with Gasteiger partial charge in [0.05, 0.1) is 11.4 Å². The number of aromatic amines is 1. The number of para-hydroxylation sites is 1.